The highest BCUT2D eigenvalue weighted by atomic mass is 32.1. The predicted molar refractivity (Wildman–Crippen MR) is 90.0 cm³/mol. The smallest absolute Gasteiger partial charge is 0.185 e. The number of nitrogens with zero attached hydrogens (tertiary/aromatic N) is 3. The average Bonchev–Trinajstić information content (AvgIpc) is 2.82. The van der Waals surface area contributed by atoms with Crippen molar-refractivity contribution in [3.05, 3.63) is 10.6 Å². The van der Waals surface area contributed by atoms with E-state index in [-0.39, 0.29) is 0 Å². The Balaban J connectivity index is 2.74. The molecule has 20 heavy (non-hydrogen) atoms. The van der Waals surface area contributed by atoms with Crippen molar-refractivity contribution < 1.29 is 0 Å². The molecule has 4 nitrogen and oxygen atoms in total. The largest absolute Gasteiger partial charge is 0.351 e. The van der Waals surface area contributed by atoms with Crippen LogP contribution in [0.15, 0.2) is 0 Å². The molecule has 0 aliphatic heterocycles. The van der Waals surface area contributed by atoms with Gasteiger partial charge in [-0.25, -0.2) is 4.98 Å². The Kier molecular flexibility index (Phi) is 7.48. The number of hydrogen-bond donors (Lipinski definition) is 1. The zero-order valence-corrected chi connectivity index (χ0v) is 14.7. The van der Waals surface area contributed by atoms with Crippen LogP contribution in [-0.4, -0.2) is 51.2 Å². The summed E-state index contributed by atoms with van der Waals surface area (Å²) in [6.45, 7) is 7.60. The maximum absolute atomic E-state index is 4.89. The third-order valence-corrected chi connectivity index (χ3v) is 4.74. The van der Waals surface area contributed by atoms with Crippen LogP contribution in [0.4, 0.5) is 5.13 Å². The van der Waals surface area contributed by atoms with Crippen molar-refractivity contribution >= 4 is 16.5 Å². The van der Waals surface area contributed by atoms with Gasteiger partial charge in [-0.1, -0.05) is 13.8 Å². The number of nitrogens with one attached hydrogen (secondary N) is 1. The Labute approximate surface area is 128 Å². The SMILES string of the molecule is CCC(C)c1nc(N(C)CCCN(C)C)sc1CNC. The molecule has 0 bridgehead atoms. The van der Waals surface area contributed by atoms with E-state index in [0.29, 0.717) is 5.92 Å². The van der Waals surface area contributed by atoms with E-state index in [1.807, 2.05) is 18.4 Å². The second kappa shape index (κ2) is 8.60. The van der Waals surface area contributed by atoms with Crippen molar-refractivity contribution in [1.29, 1.82) is 0 Å². The van der Waals surface area contributed by atoms with Gasteiger partial charge in [0.2, 0.25) is 0 Å². The van der Waals surface area contributed by atoms with Crippen LogP contribution in [0.2, 0.25) is 0 Å². The van der Waals surface area contributed by atoms with Crippen molar-refractivity contribution in [1.82, 2.24) is 15.2 Å². The van der Waals surface area contributed by atoms with Gasteiger partial charge in [0.25, 0.3) is 0 Å². The standard InChI is InChI=1S/C15H30N4S/c1-7-12(2)14-13(11-16-3)20-15(17-14)19(6)10-8-9-18(4)5/h12,16H,7-11H2,1-6H3. The van der Waals surface area contributed by atoms with Gasteiger partial charge in [-0.15, -0.1) is 11.3 Å². The molecule has 0 aliphatic rings. The van der Waals surface area contributed by atoms with E-state index >= 15 is 0 Å². The lowest BCUT2D eigenvalue weighted by Crippen LogP contribution is -2.23. The minimum Gasteiger partial charge on any atom is -0.351 e. The molecule has 1 heterocycles. The van der Waals surface area contributed by atoms with Gasteiger partial charge in [0, 0.05) is 25.0 Å². The summed E-state index contributed by atoms with van der Waals surface area (Å²) in [7, 11) is 8.39. The number of rotatable bonds is 9. The summed E-state index contributed by atoms with van der Waals surface area (Å²) in [4.78, 5) is 10.8. The summed E-state index contributed by atoms with van der Waals surface area (Å²) >= 11 is 1.83. The molecule has 0 spiro atoms. The molecule has 1 aromatic rings. The van der Waals surface area contributed by atoms with E-state index in [1.165, 1.54) is 17.0 Å². The van der Waals surface area contributed by atoms with E-state index in [0.717, 1.165) is 31.2 Å². The molecule has 0 saturated carbocycles. The normalized spacial score (nSPS) is 12.9. The second-order valence-corrected chi connectivity index (χ2v) is 6.78. The fourth-order valence-electron chi connectivity index (χ4n) is 2.10. The highest BCUT2D eigenvalue weighted by Crippen LogP contribution is 2.31. The monoisotopic (exact) mass is 298 g/mol. The Bertz CT molecular complexity index is 389. The summed E-state index contributed by atoms with van der Waals surface area (Å²) in [5.74, 6) is 0.540. The zero-order valence-electron chi connectivity index (χ0n) is 13.9. The lowest BCUT2D eigenvalue weighted by molar-refractivity contribution is 0.401. The third-order valence-electron chi connectivity index (χ3n) is 3.56. The van der Waals surface area contributed by atoms with E-state index < -0.39 is 0 Å². The van der Waals surface area contributed by atoms with Crippen LogP contribution in [0.25, 0.3) is 0 Å². The third kappa shape index (κ3) is 5.04. The van der Waals surface area contributed by atoms with Crippen molar-refractivity contribution in [3.63, 3.8) is 0 Å². The predicted octanol–water partition coefficient (Wildman–Crippen LogP) is 2.76. The highest BCUT2D eigenvalue weighted by molar-refractivity contribution is 7.15. The molecular weight excluding hydrogens is 268 g/mol. The van der Waals surface area contributed by atoms with Gasteiger partial charge >= 0.3 is 0 Å². The van der Waals surface area contributed by atoms with Crippen LogP contribution in [-0.2, 0) is 6.54 Å². The van der Waals surface area contributed by atoms with Gasteiger partial charge in [0.05, 0.1) is 5.69 Å². The minimum absolute atomic E-state index is 0.540. The first-order chi connectivity index (χ1) is 9.49. The molecule has 1 aromatic heterocycles. The lowest BCUT2D eigenvalue weighted by Gasteiger charge is -2.17. The zero-order chi connectivity index (χ0) is 15.1. The van der Waals surface area contributed by atoms with Gasteiger partial charge in [-0.3, -0.25) is 0 Å². The van der Waals surface area contributed by atoms with Crippen molar-refractivity contribution in [2.24, 2.45) is 0 Å². The number of anilines is 1. The van der Waals surface area contributed by atoms with Crippen LogP contribution < -0.4 is 10.2 Å². The number of hydrogen-bond acceptors (Lipinski definition) is 5. The summed E-state index contributed by atoms with van der Waals surface area (Å²) in [5.41, 5.74) is 1.28. The Morgan fingerprint density at radius 3 is 2.50 bits per heavy atom. The second-order valence-electron chi connectivity index (χ2n) is 5.72. The highest BCUT2D eigenvalue weighted by Gasteiger charge is 2.17. The van der Waals surface area contributed by atoms with Crippen LogP contribution >= 0.6 is 11.3 Å². The van der Waals surface area contributed by atoms with Crippen LogP contribution in [0.1, 0.15) is 43.2 Å². The summed E-state index contributed by atoms with van der Waals surface area (Å²) in [6.07, 6.45) is 2.31. The minimum atomic E-state index is 0.540. The van der Waals surface area contributed by atoms with Crippen LogP contribution in [0.3, 0.4) is 0 Å². The lowest BCUT2D eigenvalue weighted by atomic mass is 10.0. The maximum Gasteiger partial charge on any atom is 0.185 e. The molecule has 0 radical (unpaired) electrons. The molecule has 0 saturated heterocycles. The van der Waals surface area contributed by atoms with Gasteiger partial charge in [-0.2, -0.15) is 0 Å². The van der Waals surface area contributed by atoms with Crippen molar-refractivity contribution in [3.8, 4) is 0 Å². The molecule has 0 aliphatic carbocycles. The fraction of sp³-hybridized carbons (Fsp3) is 0.800. The molecule has 1 atom stereocenters. The Morgan fingerprint density at radius 1 is 1.25 bits per heavy atom. The number of thiazole rings is 1. The van der Waals surface area contributed by atoms with E-state index in [2.05, 4.69) is 50.1 Å². The molecule has 0 aromatic carbocycles. The van der Waals surface area contributed by atoms with E-state index in [4.69, 9.17) is 4.98 Å². The maximum atomic E-state index is 4.89. The van der Waals surface area contributed by atoms with E-state index in [1.54, 1.807) is 0 Å². The molecular formula is C15H30N4S. The molecule has 1 unspecified atom stereocenters. The summed E-state index contributed by atoms with van der Waals surface area (Å²) in [6, 6.07) is 0. The molecule has 0 fully saturated rings. The molecule has 1 rings (SSSR count). The first-order valence-electron chi connectivity index (χ1n) is 7.49. The Morgan fingerprint density at radius 2 is 1.95 bits per heavy atom. The molecule has 1 N–H and O–H groups in total. The summed E-state index contributed by atoms with van der Waals surface area (Å²) in [5, 5.41) is 4.42. The van der Waals surface area contributed by atoms with Gasteiger partial charge in [0.15, 0.2) is 5.13 Å². The van der Waals surface area contributed by atoms with Crippen molar-refractivity contribution in [2.45, 2.75) is 39.2 Å². The van der Waals surface area contributed by atoms with E-state index in [9.17, 15) is 0 Å². The fourth-order valence-corrected chi connectivity index (χ4v) is 3.28. The summed E-state index contributed by atoms with van der Waals surface area (Å²) < 4.78 is 0. The van der Waals surface area contributed by atoms with Gasteiger partial charge in [-0.05, 0) is 46.4 Å². The van der Waals surface area contributed by atoms with Crippen molar-refractivity contribution in [2.75, 3.05) is 46.2 Å². The van der Waals surface area contributed by atoms with Crippen LogP contribution in [0, 0.1) is 0 Å². The van der Waals surface area contributed by atoms with Crippen LogP contribution in [0.5, 0.6) is 0 Å². The Hall–Kier alpha value is -0.650. The quantitative estimate of drug-likeness (QED) is 0.759. The topological polar surface area (TPSA) is 31.4 Å². The average molecular weight is 298 g/mol. The van der Waals surface area contributed by atoms with Gasteiger partial charge in [0.1, 0.15) is 0 Å². The first kappa shape index (κ1) is 17.4. The molecule has 5 heteroatoms. The van der Waals surface area contributed by atoms with Gasteiger partial charge < -0.3 is 15.1 Å². The first-order valence-corrected chi connectivity index (χ1v) is 8.31. The number of aromatic nitrogens is 1. The molecule has 116 valence electrons. The molecule has 0 amide bonds.